The van der Waals surface area contributed by atoms with Gasteiger partial charge < -0.3 is 19.8 Å². The summed E-state index contributed by atoms with van der Waals surface area (Å²) in [6.07, 6.45) is 3.63. The van der Waals surface area contributed by atoms with Gasteiger partial charge in [0.25, 0.3) is 5.56 Å². The largest absolute Gasteiger partial charge is 0.493 e. The summed E-state index contributed by atoms with van der Waals surface area (Å²) in [7, 11) is 1.62. The maximum Gasteiger partial charge on any atom is 0.273 e. The minimum absolute atomic E-state index is 0.123. The van der Waals surface area contributed by atoms with Crippen LogP contribution in [0.15, 0.2) is 29.1 Å². The summed E-state index contributed by atoms with van der Waals surface area (Å²) in [5.74, 6) is 1.68. The minimum atomic E-state index is -0.332. The molecule has 0 bridgehead atoms. The van der Waals surface area contributed by atoms with Gasteiger partial charge in [0.2, 0.25) is 5.91 Å². The second-order valence-electron chi connectivity index (χ2n) is 6.93. The molecule has 0 aliphatic heterocycles. The smallest absolute Gasteiger partial charge is 0.273 e. The zero-order valence-electron chi connectivity index (χ0n) is 16.1. The Kier molecular flexibility index (Phi) is 7.13. The van der Waals surface area contributed by atoms with Gasteiger partial charge in [-0.1, -0.05) is 12.1 Å². The third kappa shape index (κ3) is 6.16. The number of methoxy groups -OCH3 is 1. The Hall–Kier alpha value is -2.74. The number of aromatic amines is 1. The number of nitrogens with zero attached hydrogens (tertiary/aromatic N) is 2. The van der Waals surface area contributed by atoms with Crippen molar-refractivity contribution in [3.8, 4) is 17.1 Å². The lowest BCUT2D eigenvalue weighted by molar-refractivity contribution is -0.121. The van der Waals surface area contributed by atoms with Crippen molar-refractivity contribution in [2.24, 2.45) is 5.92 Å². The minimum Gasteiger partial charge on any atom is -0.493 e. The molecule has 1 aliphatic carbocycles. The van der Waals surface area contributed by atoms with Gasteiger partial charge in [-0.15, -0.1) is 10.2 Å². The van der Waals surface area contributed by atoms with Crippen molar-refractivity contribution in [2.75, 3.05) is 26.9 Å². The predicted octanol–water partition coefficient (Wildman–Crippen LogP) is 1.71. The Balaban J connectivity index is 1.55. The number of amides is 1. The highest BCUT2D eigenvalue weighted by Crippen LogP contribution is 2.30. The number of rotatable bonds is 11. The molecule has 8 heteroatoms. The van der Waals surface area contributed by atoms with Gasteiger partial charge in [0.05, 0.1) is 6.61 Å². The number of aromatic nitrogens is 3. The number of hydrogen-bond donors (Lipinski definition) is 2. The number of nitrogens with one attached hydrogen (secondary N) is 2. The molecule has 3 rings (SSSR count). The van der Waals surface area contributed by atoms with Crippen molar-refractivity contribution >= 4 is 5.91 Å². The van der Waals surface area contributed by atoms with Gasteiger partial charge in [0.1, 0.15) is 11.4 Å². The van der Waals surface area contributed by atoms with Crippen molar-refractivity contribution in [3.05, 3.63) is 40.3 Å². The molecule has 0 spiro atoms. The van der Waals surface area contributed by atoms with Gasteiger partial charge in [-0.05, 0) is 37.3 Å². The van der Waals surface area contributed by atoms with E-state index in [1.165, 1.54) is 12.8 Å². The van der Waals surface area contributed by atoms with Gasteiger partial charge >= 0.3 is 0 Å². The van der Waals surface area contributed by atoms with Crippen LogP contribution in [-0.2, 0) is 16.0 Å². The maximum atomic E-state index is 12.3. The van der Waals surface area contributed by atoms with Crippen molar-refractivity contribution in [2.45, 2.75) is 32.1 Å². The Morgan fingerprint density at radius 1 is 1.32 bits per heavy atom. The predicted molar refractivity (Wildman–Crippen MR) is 104 cm³/mol. The molecule has 28 heavy (non-hydrogen) atoms. The molecule has 2 aromatic rings. The summed E-state index contributed by atoms with van der Waals surface area (Å²) in [6, 6.07) is 7.43. The van der Waals surface area contributed by atoms with E-state index in [-0.39, 0.29) is 30.0 Å². The molecule has 1 aromatic heterocycles. The van der Waals surface area contributed by atoms with E-state index >= 15 is 0 Å². The number of carbonyl (C=O) groups is 1. The lowest BCUT2D eigenvalue weighted by Gasteiger charge is -2.07. The fourth-order valence-corrected chi connectivity index (χ4v) is 2.65. The van der Waals surface area contributed by atoms with Crippen LogP contribution in [0.3, 0.4) is 0 Å². The van der Waals surface area contributed by atoms with Gasteiger partial charge in [0.15, 0.2) is 5.82 Å². The molecule has 1 aliphatic rings. The van der Waals surface area contributed by atoms with Crippen LogP contribution in [0, 0.1) is 5.92 Å². The van der Waals surface area contributed by atoms with E-state index in [0.717, 1.165) is 24.3 Å². The number of aryl methyl sites for hydroxylation is 1. The summed E-state index contributed by atoms with van der Waals surface area (Å²) >= 11 is 0. The molecular formula is C20H26N4O4. The second-order valence-corrected chi connectivity index (χ2v) is 6.93. The molecule has 0 unspecified atom stereocenters. The Labute approximate surface area is 163 Å². The maximum absolute atomic E-state index is 12.3. The van der Waals surface area contributed by atoms with Crippen LogP contribution in [0.4, 0.5) is 0 Å². The SMILES string of the molecule is COCCCNC(=O)CCc1nnc(-c2cccc(OCC3CC3)c2)[nH]c1=O. The van der Waals surface area contributed by atoms with Crippen molar-refractivity contribution in [1.82, 2.24) is 20.5 Å². The quantitative estimate of drug-likeness (QED) is 0.570. The molecule has 1 saturated carbocycles. The first-order valence-corrected chi connectivity index (χ1v) is 9.60. The zero-order chi connectivity index (χ0) is 19.8. The van der Waals surface area contributed by atoms with Crippen molar-refractivity contribution < 1.29 is 14.3 Å². The molecule has 1 fully saturated rings. The molecule has 1 amide bonds. The van der Waals surface area contributed by atoms with Crippen LogP contribution >= 0.6 is 0 Å². The molecule has 1 heterocycles. The number of H-pyrrole nitrogens is 1. The average molecular weight is 386 g/mol. The first kappa shape index (κ1) is 20.0. The molecule has 0 atom stereocenters. The standard InChI is InChI=1S/C20H26N4O4/c1-27-11-3-10-21-18(25)9-8-17-20(26)22-19(24-23-17)15-4-2-5-16(12-15)28-13-14-6-7-14/h2,4-5,12,14H,3,6-11,13H2,1H3,(H,21,25)(H,22,24,26). The normalized spacial score (nSPS) is 13.3. The fourth-order valence-electron chi connectivity index (χ4n) is 2.65. The molecular weight excluding hydrogens is 360 g/mol. The summed E-state index contributed by atoms with van der Waals surface area (Å²) in [4.78, 5) is 26.8. The van der Waals surface area contributed by atoms with Crippen molar-refractivity contribution in [1.29, 1.82) is 0 Å². The summed E-state index contributed by atoms with van der Waals surface area (Å²) in [6.45, 7) is 1.87. The Bertz CT molecular complexity index is 848. The van der Waals surface area contributed by atoms with E-state index in [2.05, 4.69) is 20.5 Å². The van der Waals surface area contributed by atoms with Crippen LogP contribution in [0.5, 0.6) is 5.75 Å². The average Bonchev–Trinajstić information content (AvgIpc) is 3.53. The topological polar surface area (TPSA) is 106 Å². The van der Waals surface area contributed by atoms with Crippen LogP contribution in [0.2, 0.25) is 0 Å². The van der Waals surface area contributed by atoms with Gasteiger partial charge in [-0.2, -0.15) is 0 Å². The van der Waals surface area contributed by atoms with Crippen LogP contribution in [0.25, 0.3) is 11.4 Å². The summed E-state index contributed by atoms with van der Waals surface area (Å²) < 4.78 is 10.7. The zero-order valence-corrected chi connectivity index (χ0v) is 16.1. The number of ether oxygens (including phenoxy) is 2. The number of carbonyl (C=O) groups excluding carboxylic acids is 1. The molecule has 0 radical (unpaired) electrons. The van der Waals surface area contributed by atoms with Crippen LogP contribution in [0.1, 0.15) is 31.4 Å². The van der Waals surface area contributed by atoms with Gasteiger partial charge in [-0.25, -0.2) is 0 Å². The van der Waals surface area contributed by atoms with E-state index in [4.69, 9.17) is 9.47 Å². The van der Waals surface area contributed by atoms with E-state index < -0.39 is 0 Å². The molecule has 2 N–H and O–H groups in total. The summed E-state index contributed by atoms with van der Waals surface area (Å²) in [5, 5.41) is 10.9. The highest BCUT2D eigenvalue weighted by Gasteiger charge is 2.22. The first-order valence-electron chi connectivity index (χ1n) is 9.60. The first-order chi connectivity index (χ1) is 13.7. The van der Waals surface area contributed by atoms with Crippen molar-refractivity contribution in [3.63, 3.8) is 0 Å². The lowest BCUT2D eigenvalue weighted by Crippen LogP contribution is -2.27. The van der Waals surface area contributed by atoms with Crippen LogP contribution < -0.4 is 15.6 Å². The van der Waals surface area contributed by atoms with Gasteiger partial charge in [-0.3, -0.25) is 9.59 Å². The number of benzene rings is 1. The van der Waals surface area contributed by atoms with E-state index in [0.29, 0.717) is 24.9 Å². The highest BCUT2D eigenvalue weighted by molar-refractivity contribution is 5.76. The van der Waals surface area contributed by atoms with E-state index in [1.807, 2.05) is 24.3 Å². The Morgan fingerprint density at radius 2 is 2.18 bits per heavy atom. The molecule has 8 nitrogen and oxygen atoms in total. The molecule has 1 aromatic carbocycles. The van der Waals surface area contributed by atoms with E-state index in [9.17, 15) is 9.59 Å². The highest BCUT2D eigenvalue weighted by atomic mass is 16.5. The number of hydrogen-bond acceptors (Lipinski definition) is 6. The second kappa shape index (κ2) is 9.98. The molecule has 0 saturated heterocycles. The third-order valence-corrected chi connectivity index (χ3v) is 4.49. The van der Waals surface area contributed by atoms with Crippen LogP contribution in [-0.4, -0.2) is 48.0 Å². The van der Waals surface area contributed by atoms with Gasteiger partial charge in [0, 0.05) is 38.7 Å². The third-order valence-electron chi connectivity index (χ3n) is 4.49. The fraction of sp³-hybridized carbons (Fsp3) is 0.500. The monoisotopic (exact) mass is 386 g/mol. The Morgan fingerprint density at radius 3 is 2.93 bits per heavy atom. The molecule has 150 valence electrons. The lowest BCUT2D eigenvalue weighted by atomic mass is 10.2. The summed E-state index contributed by atoms with van der Waals surface area (Å²) in [5.41, 5.74) is 0.652. The van der Waals surface area contributed by atoms with E-state index in [1.54, 1.807) is 7.11 Å².